The summed E-state index contributed by atoms with van der Waals surface area (Å²) in [5.74, 6) is 0.619. The molecule has 0 atom stereocenters. The van der Waals surface area contributed by atoms with Crippen LogP contribution in [-0.2, 0) is 4.79 Å². The molecule has 2 aromatic carbocycles. The SMILES string of the molecule is CCN(CC)CCCOc1ccc(N2C(=O)C(=Cc3ccc(Cl)c(Cl)c3)SC2=S)cc1.Cl. The summed E-state index contributed by atoms with van der Waals surface area (Å²) in [6.45, 7) is 8.10. The number of hydrogen-bond acceptors (Lipinski definition) is 5. The fourth-order valence-electron chi connectivity index (χ4n) is 3.15. The highest BCUT2D eigenvalue weighted by molar-refractivity contribution is 8.27. The Kier molecular flexibility index (Phi) is 10.8. The van der Waals surface area contributed by atoms with E-state index in [2.05, 4.69) is 18.7 Å². The van der Waals surface area contributed by atoms with E-state index in [1.807, 2.05) is 30.3 Å². The monoisotopic (exact) mass is 530 g/mol. The highest BCUT2D eigenvalue weighted by atomic mass is 35.5. The molecule has 1 aliphatic rings. The molecule has 32 heavy (non-hydrogen) atoms. The largest absolute Gasteiger partial charge is 0.494 e. The molecule has 1 aliphatic heterocycles. The number of nitrogens with zero attached hydrogens (tertiary/aromatic N) is 2. The molecule has 2 aromatic rings. The van der Waals surface area contributed by atoms with Crippen LogP contribution in [0.25, 0.3) is 6.08 Å². The maximum atomic E-state index is 12.9. The zero-order chi connectivity index (χ0) is 22.4. The van der Waals surface area contributed by atoms with Crippen LogP contribution in [0.1, 0.15) is 25.8 Å². The summed E-state index contributed by atoms with van der Waals surface area (Å²) in [5.41, 5.74) is 1.51. The van der Waals surface area contributed by atoms with Gasteiger partial charge in [-0.15, -0.1) is 12.4 Å². The molecule has 0 N–H and O–H groups in total. The van der Waals surface area contributed by atoms with Gasteiger partial charge in [-0.3, -0.25) is 9.69 Å². The molecule has 0 bridgehead atoms. The number of carbonyl (C=O) groups excluding carboxylic acids is 1. The first-order chi connectivity index (χ1) is 14.9. The first-order valence-corrected chi connectivity index (χ1v) is 12.1. The Morgan fingerprint density at radius 3 is 2.41 bits per heavy atom. The van der Waals surface area contributed by atoms with Gasteiger partial charge in [0.15, 0.2) is 4.32 Å². The molecule has 0 aliphatic carbocycles. The average molecular weight is 532 g/mol. The molecule has 0 radical (unpaired) electrons. The van der Waals surface area contributed by atoms with Crippen LogP contribution in [-0.4, -0.2) is 41.4 Å². The van der Waals surface area contributed by atoms with Crippen molar-refractivity contribution in [1.82, 2.24) is 4.90 Å². The number of thioether (sulfide) groups is 1. The smallest absolute Gasteiger partial charge is 0.270 e. The summed E-state index contributed by atoms with van der Waals surface area (Å²) in [7, 11) is 0. The van der Waals surface area contributed by atoms with Gasteiger partial charge in [-0.1, -0.05) is 67.1 Å². The Labute approximate surface area is 215 Å². The van der Waals surface area contributed by atoms with Crippen LogP contribution < -0.4 is 9.64 Å². The number of carbonyl (C=O) groups is 1. The minimum Gasteiger partial charge on any atom is -0.494 e. The van der Waals surface area contributed by atoms with Gasteiger partial charge >= 0.3 is 0 Å². The number of benzene rings is 2. The average Bonchev–Trinajstić information content (AvgIpc) is 3.04. The fraction of sp³-hybridized carbons (Fsp3) is 0.304. The Balaban J connectivity index is 0.00000363. The lowest BCUT2D eigenvalue weighted by molar-refractivity contribution is -0.113. The molecular formula is C23H25Cl3N2O2S2. The molecule has 3 rings (SSSR count). The van der Waals surface area contributed by atoms with Crippen LogP contribution in [0, 0.1) is 0 Å². The van der Waals surface area contributed by atoms with E-state index in [1.54, 1.807) is 18.2 Å². The molecule has 0 aromatic heterocycles. The molecule has 0 spiro atoms. The van der Waals surface area contributed by atoms with Gasteiger partial charge in [0.1, 0.15) is 5.75 Å². The van der Waals surface area contributed by atoms with E-state index in [1.165, 1.54) is 16.7 Å². The topological polar surface area (TPSA) is 32.8 Å². The van der Waals surface area contributed by atoms with Crippen molar-refractivity contribution in [3.8, 4) is 5.75 Å². The van der Waals surface area contributed by atoms with Crippen LogP contribution >= 0.6 is 59.6 Å². The van der Waals surface area contributed by atoms with Gasteiger partial charge in [0, 0.05) is 6.54 Å². The van der Waals surface area contributed by atoms with E-state index in [0.717, 1.165) is 43.1 Å². The van der Waals surface area contributed by atoms with Crippen molar-refractivity contribution in [2.45, 2.75) is 20.3 Å². The number of thiocarbonyl (C=S) groups is 1. The lowest BCUT2D eigenvalue weighted by Crippen LogP contribution is -2.27. The molecule has 1 saturated heterocycles. The van der Waals surface area contributed by atoms with Gasteiger partial charge < -0.3 is 9.64 Å². The normalized spacial score (nSPS) is 14.9. The van der Waals surface area contributed by atoms with Gasteiger partial charge in [0.25, 0.3) is 5.91 Å². The van der Waals surface area contributed by atoms with Gasteiger partial charge in [0.2, 0.25) is 0 Å². The van der Waals surface area contributed by atoms with Crippen molar-refractivity contribution >= 4 is 81.6 Å². The fourth-order valence-corrected chi connectivity index (χ4v) is 4.76. The molecule has 1 amide bonds. The molecule has 172 valence electrons. The van der Waals surface area contributed by atoms with Gasteiger partial charge in [-0.05, 0) is 67.5 Å². The van der Waals surface area contributed by atoms with E-state index < -0.39 is 0 Å². The Bertz CT molecular complexity index is 980. The molecule has 0 unspecified atom stereocenters. The van der Waals surface area contributed by atoms with E-state index in [-0.39, 0.29) is 18.3 Å². The summed E-state index contributed by atoms with van der Waals surface area (Å²) >= 11 is 18.8. The maximum absolute atomic E-state index is 12.9. The molecule has 4 nitrogen and oxygen atoms in total. The first-order valence-electron chi connectivity index (χ1n) is 10.1. The Hall–Kier alpha value is -1.28. The van der Waals surface area contributed by atoms with Gasteiger partial charge in [-0.2, -0.15) is 0 Å². The van der Waals surface area contributed by atoms with Crippen LogP contribution in [0.5, 0.6) is 5.75 Å². The molecule has 1 heterocycles. The molecule has 9 heteroatoms. The quantitative estimate of drug-likeness (QED) is 0.199. The molecule has 1 fully saturated rings. The summed E-state index contributed by atoms with van der Waals surface area (Å²) in [6, 6.07) is 12.7. The van der Waals surface area contributed by atoms with E-state index in [9.17, 15) is 4.79 Å². The van der Waals surface area contributed by atoms with E-state index in [4.69, 9.17) is 40.2 Å². The lowest BCUT2D eigenvalue weighted by atomic mass is 10.2. The lowest BCUT2D eigenvalue weighted by Gasteiger charge is -2.18. The number of ether oxygens (including phenoxy) is 1. The van der Waals surface area contributed by atoms with E-state index in [0.29, 0.717) is 25.9 Å². The second-order valence-electron chi connectivity index (χ2n) is 6.91. The van der Waals surface area contributed by atoms with Crippen molar-refractivity contribution in [2.24, 2.45) is 0 Å². The third kappa shape index (κ3) is 6.86. The zero-order valence-corrected chi connectivity index (χ0v) is 21.8. The summed E-state index contributed by atoms with van der Waals surface area (Å²) < 4.78 is 6.32. The molecule has 0 saturated carbocycles. The van der Waals surface area contributed by atoms with Crippen molar-refractivity contribution in [3.63, 3.8) is 0 Å². The van der Waals surface area contributed by atoms with Crippen LogP contribution in [0.15, 0.2) is 47.4 Å². The molecular weight excluding hydrogens is 507 g/mol. The number of amides is 1. The third-order valence-electron chi connectivity index (χ3n) is 4.91. The number of anilines is 1. The second kappa shape index (κ2) is 12.8. The van der Waals surface area contributed by atoms with Crippen molar-refractivity contribution in [2.75, 3.05) is 31.1 Å². The maximum Gasteiger partial charge on any atom is 0.270 e. The number of hydrogen-bond donors (Lipinski definition) is 0. The highest BCUT2D eigenvalue weighted by Crippen LogP contribution is 2.37. The van der Waals surface area contributed by atoms with Crippen molar-refractivity contribution in [1.29, 1.82) is 0 Å². The van der Waals surface area contributed by atoms with Crippen LogP contribution in [0.2, 0.25) is 10.0 Å². The summed E-state index contributed by atoms with van der Waals surface area (Å²) in [4.78, 5) is 17.4. The summed E-state index contributed by atoms with van der Waals surface area (Å²) in [6.07, 6.45) is 2.74. The predicted octanol–water partition coefficient (Wildman–Crippen LogP) is 6.93. The second-order valence-corrected chi connectivity index (χ2v) is 9.40. The highest BCUT2D eigenvalue weighted by Gasteiger charge is 2.33. The zero-order valence-electron chi connectivity index (χ0n) is 17.8. The van der Waals surface area contributed by atoms with Gasteiger partial charge in [-0.25, -0.2) is 0 Å². The van der Waals surface area contributed by atoms with Crippen LogP contribution in [0.3, 0.4) is 0 Å². The summed E-state index contributed by atoms with van der Waals surface area (Å²) in [5, 5.41) is 0.917. The van der Waals surface area contributed by atoms with Gasteiger partial charge in [0.05, 0.1) is 27.2 Å². The minimum atomic E-state index is -0.158. The first kappa shape index (κ1) is 27.0. The van der Waals surface area contributed by atoms with Crippen molar-refractivity contribution in [3.05, 3.63) is 63.0 Å². The van der Waals surface area contributed by atoms with Crippen molar-refractivity contribution < 1.29 is 9.53 Å². The predicted molar refractivity (Wildman–Crippen MR) is 144 cm³/mol. The third-order valence-corrected chi connectivity index (χ3v) is 6.95. The Morgan fingerprint density at radius 2 is 1.78 bits per heavy atom. The van der Waals surface area contributed by atoms with Crippen LogP contribution in [0.4, 0.5) is 5.69 Å². The number of halogens is 3. The van der Waals surface area contributed by atoms with E-state index >= 15 is 0 Å². The minimum absolute atomic E-state index is 0. The number of rotatable bonds is 9. The Morgan fingerprint density at radius 1 is 1.09 bits per heavy atom. The standard InChI is InChI=1S/C23H24Cl2N2O2S2.ClH/c1-3-26(4-2)12-5-13-29-18-9-7-17(8-10-18)27-22(28)21(31-23(27)30)15-16-6-11-19(24)20(25)14-16;/h6-11,14-15H,3-5,12-13H2,1-2H3;1H.